The van der Waals surface area contributed by atoms with Crippen molar-refractivity contribution in [1.29, 1.82) is 0 Å². The topological polar surface area (TPSA) is 393 Å². The summed E-state index contributed by atoms with van der Waals surface area (Å²) in [5.41, 5.74) is -1.82. The fourth-order valence-electron chi connectivity index (χ4n) is 16.3. The molecule has 0 bridgehead atoms. The average molecular weight is 1150 g/mol. The number of rotatable bonds is 17. The Labute approximate surface area is 466 Å². The van der Waals surface area contributed by atoms with E-state index in [2.05, 4.69) is 20.8 Å². The van der Waals surface area contributed by atoms with E-state index in [9.17, 15) is 76.3 Å². The quantitative estimate of drug-likeness (QED) is 0.0311. The lowest BCUT2D eigenvalue weighted by Crippen LogP contribution is -2.70. The molecule has 4 saturated heterocycles. The average Bonchev–Trinajstić information content (AvgIpc) is 3.65. The molecule has 0 spiro atoms. The molecule has 25 nitrogen and oxygen atoms in total. The fraction of sp³-hybridized carbons (Fsp3) is 0.945. The highest BCUT2D eigenvalue weighted by atomic mass is 16.8. The van der Waals surface area contributed by atoms with Crippen LogP contribution in [-0.2, 0) is 52.2 Å². The van der Waals surface area contributed by atoms with Crippen LogP contribution in [-0.4, -0.2) is 252 Å². The first-order chi connectivity index (χ1) is 37.4. The van der Waals surface area contributed by atoms with E-state index in [0.29, 0.717) is 44.9 Å². The lowest BCUT2D eigenvalue weighted by molar-refractivity contribution is -0.390. The smallest absolute Gasteiger partial charge is 0.302 e. The van der Waals surface area contributed by atoms with Crippen LogP contribution >= 0.6 is 0 Å². The van der Waals surface area contributed by atoms with Crippen molar-refractivity contribution in [3.05, 3.63) is 11.6 Å². The number of hydrogen-bond donors (Lipinski definition) is 14. The summed E-state index contributed by atoms with van der Waals surface area (Å²) in [5.74, 6) is -3.99. The van der Waals surface area contributed by atoms with Gasteiger partial charge in [-0.25, -0.2) is 0 Å². The van der Waals surface area contributed by atoms with Crippen molar-refractivity contribution in [2.45, 2.75) is 248 Å². The molecule has 0 radical (unpaired) electrons. The van der Waals surface area contributed by atoms with Gasteiger partial charge in [-0.2, -0.15) is 0 Å². The van der Waals surface area contributed by atoms with Crippen molar-refractivity contribution in [1.82, 2.24) is 0 Å². The Balaban J connectivity index is 1.05. The molecule has 8 fully saturated rings. The van der Waals surface area contributed by atoms with Crippen LogP contribution in [0.3, 0.4) is 0 Å². The standard InChI is InChI=1S/C55H92O25/c1-23(2)11-10-14-55(71-9,80-49-44(70)40(66)37(63)31(76-49)22-74-47-42(68)35(61)28(60)20-73-47)25-12-16-53(7)34(25)26(58)17-32-52(6)15-13-33(51(4,5)46(52)27(59)18-54(32,53)8)78-50-45(41(67)38(64)30(77-50)21-72-24(3)57)79-48-43(69)39(65)36(62)29(19-56)75-48/h11,25-50,56,58-70H,10,12-22H2,1-9H3. The maximum absolute atomic E-state index is 12.9. The highest BCUT2D eigenvalue weighted by Crippen LogP contribution is 2.76. The molecule has 4 heterocycles. The first-order valence-corrected chi connectivity index (χ1v) is 28.4. The lowest BCUT2D eigenvalue weighted by Gasteiger charge is -2.71. The van der Waals surface area contributed by atoms with Gasteiger partial charge in [-0.15, -0.1) is 0 Å². The third kappa shape index (κ3) is 11.5. The molecular weight excluding hydrogens is 1060 g/mol. The van der Waals surface area contributed by atoms with Gasteiger partial charge in [-0.1, -0.05) is 46.3 Å². The molecule has 4 aliphatic carbocycles. The van der Waals surface area contributed by atoms with Crippen LogP contribution in [0.1, 0.15) is 107 Å². The van der Waals surface area contributed by atoms with Gasteiger partial charge in [0.1, 0.15) is 98.2 Å². The van der Waals surface area contributed by atoms with Gasteiger partial charge in [0.2, 0.25) is 0 Å². The van der Waals surface area contributed by atoms with Crippen molar-refractivity contribution in [2.75, 3.05) is 33.5 Å². The van der Waals surface area contributed by atoms with Gasteiger partial charge >= 0.3 is 5.97 Å². The molecule has 30 atom stereocenters. The number of esters is 1. The SMILES string of the molecule is COC(CCC=C(C)C)(OC1OC(COC2OCC(O)C(O)C2O)C(O)C(O)C1O)C1CCC2(C)C1C(O)CC1C3(C)CCC(OC4OC(COC(C)=O)C(O)C(O)C4OC4OC(CO)C(O)C(O)C4O)C(C)(C)C3C(O)CC12C. The Kier molecular flexibility index (Phi) is 19.8. The molecule has 8 rings (SSSR count). The van der Waals surface area contributed by atoms with Crippen LogP contribution in [0.15, 0.2) is 11.6 Å². The second-order valence-corrected chi connectivity index (χ2v) is 25.8. The summed E-state index contributed by atoms with van der Waals surface area (Å²) in [4.78, 5) is 11.9. The summed E-state index contributed by atoms with van der Waals surface area (Å²) in [6.45, 7) is 13.4. The molecule has 0 aromatic rings. The molecule has 30 unspecified atom stereocenters. The second kappa shape index (κ2) is 24.6. The molecule has 14 N–H and O–H groups in total. The summed E-state index contributed by atoms with van der Waals surface area (Å²) >= 11 is 0. The van der Waals surface area contributed by atoms with E-state index in [1.807, 2.05) is 33.8 Å². The lowest BCUT2D eigenvalue weighted by atomic mass is 9.34. The van der Waals surface area contributed by atoms with Gasteiger partial charge in [0.25, 0.3) is 0 Å². The zero-order valence-corrected chi connectivity index (χ0v) is 47.3. The number of aliphatic hydroxyl groups excluding tert-OH is 14. The minimum absolute atomic E-state index is 0.183. The van der Waals surface area contributed by atoms with E-state index in [0.717, 1.165) is 12.5 Å². The van der Waals surface area contributed by atoms with Crippen LogP contribution < -0.4 is 0 Å². The Hall–Kier alpha value is -1.71. The minimum atomic E-state index is -1.88. The number of allylic oxidation sites excluding steroid dienone is 2. The number of carbonyl (C=O) groups excluding carboxylic acids is 1. The number of fused-ring (bicyclic) bond motifs is 5. The maximum atomic E-state index is 12.9. The molecule has 4 saturated carbocycles. The zero-order valence-electron chi connectivity index (χ0n) is 47.3. The van der Waals surface area contributed by atoms with Crippen molar-refractivity contribution >= 4 is 5.97 Å². The largest absolute Gasteiger partial charge is 0.463 e. The molecule has 0 amide bonds. The summed E-state index contributed by atoms with van der Waals surface area (Å²) in [6.07, 6.45) is -28.3. The Morgan fingerprint density at radius 1 is 0.637 bits per heavy atom. The molecule has 0 aromatic heterocycles. The summed E-state index contributed by atoms with van der Waals surface area (Å²) in [6, 6.07) is 0. The highest BCUT2D eigenvalue weighted by molar-refractivity contribution is 5.65. The Morgan fingerprint density at radius 3 is 1.88 bits per heavy atom. The van der Waals surface area contributed by atoms with Gasteiger partial charge in [0.05, 0.1) is 38.1 Å². The van der Waals surface area contributed by atoms with Gasteiger partial charge in [-0.3, -0.25) is 4.79 Å². The summed E-state index contributed by atoms with van der Waals surface area (Å²) < 4.78 is 60.5. The first kappa shape index (κ1) is 64.3. The zero-order chi connectivity index (χ0) is 58.9. The Bertz CT molecular complexity index is 2120. The number of aliphatic hydroxyl groups is 14. The van der Waals surface area contributed by atoms with E-state index in [1.165, 1.54) is 7.11 Å². The molecule has 462 valence electrons. The van der Waals surface area contributed by atoms with Crippen molar-refractivity contribution < 1.29 is 124 Å². The van der Waals surface area contributed by atoms with Gasteiger partial charge in [-0.05, 0) is 98.2 Å². The molecule has 0 aromatic carbocycles. The molecule has 8 aliphatic rings. The van der Waals surface area contributed by atoms with Crippen LogP contribution in [0.25, 0.3) is 0 Å². The normalized spacial score (nSPS) is 51.0. The van der Waals surface area contributed by atoms with Crippen molar-refractivity contribution in [2.24, 2.45) is 45.3 Å². The van der Waals surface area contributed by atoms with Crippen molar-refractivity contribution in [3.8, 4) is 0 Å². The maximum Gasteiger partial charge on any atom is 0.302 e. The summed E-state index contributed by atoms with van der Waals surface area (Å²) in [7, 11) is 1.48. The van der Waals surface area contributed by atoms with Crippen LogP contribution in [0, 0.1) is 45.3 Å². The van der Waals surface area contributed by atoms with E-state index in [4.69, 9.17) is 47.4 Å². The van der Waals surface area contributed by atoms with Crippen molar-refractivity contribution in [3.63, 3.8) is 0 Å². The number of carbonyl (C=O) groups is 1. The minimum Gasteiger partial charge on any atom is -0.463 e. The monoisotopic (exact) mass is 1150 g/mol. The van der Waals surface area contributed by atoms with E-state index in [-0.39, 0.29) is 18.9 Å². The van der Waals surface area contributed by atoms with Crippen LogP contribution in [0.4, 0.5) is 0 Å². The first-order valence-electron chi connectivity index (χ1n) is 28.4. The third-order valence-electron chi connectivity index (χ3n) is 20.6. The van der Waals surface area contributed by atoms with E-state index >= 15 is 0 Å². The van der Waals surface area contributed by atoms with E-state index in [1.54, 1.807) is 0 Å². The Morgan fingerprint density at radius 2 is 1.24 bits per heavy atom. The number of hydrogen-bond acceptors (Lipinski definition) is 25. The fourth-order valence-corrected chi connectivity index (χ4v) is 16.3. The van der Waals surface area contributed by atoms with E-state index < -0.39 is 206 Å². The van der Waals surface area contributed by atoms with Gasteiger partial charge in [0, 0.05) is 26.4 Å². The molecule has 4 aliphatic heterocycles. The predicted molar refractivity (Wildman–Crippen MR) is 272 cm³/mol. The molecule has 25 heteroatoms. The number of ether oxygens (including phenoxy) is 10. The number of methoxy groups -OCH3 is 1. The molecular formula is C55H92O25. The van der Waals surface area contributed by atoms with Crippen LogP contribution in [0.2, 0.25) is 0 Å². The second-order valence-electron chi connectivity index (χ2n) is 25.8. The van der Waals surface area contributed by atoms with Crippen LogP contribution in [0.5, 0.6) is 0 Å². The van der Waals surface area contributed by atoms with Gasteiger partial charge in [0.15, 0.2) is 30.9 Å². The highest BCUT2D eigenvalue weighted by Gasteiger charge is 2.74. The molecule has 80 heavy (non-hydrogen) atoms. The third-order valence-corrected chi connectivity index (χ3v) is 20.6. The predicted octanol–water partition coefficient (Wildman–Crippen LogP) is -2.44. The summed E-state index contributed by atoms with van der Waals surface area (Å²) in [5, 5.41) is 155. The van der Waals surface area contributed by atoms with Gasteiger partial charge < -0.3 is 119 Å².